The molecule has 3 aromatic carbocycles. The number of nitrogens with zero attached hydrogens (tertiary/aromatic N) is 1. The topological polar surface area (TPSA) is 33.5 Å². The summed E-state index contributed by atoms with van der Waals surface area (Å²) in [6.45, 7) is 0.0522. The van der Waals surface area contributed by atoms with Crippen LogP contribution in [0.1, 0.15) is 23.2 Å². The standard InChI is InChI=1S/C26H19F4NO2/c27-21-12-20(13-22(28)15-21)23-14-19(11-18-5-10-33-24(18)23)16-1-3-17(4-2-16)25(32)31-8-6-26(29,30)7-9-31/h1-5,10-15H,6-9H2. The summed E-state index contributed by atoms with van der Waals surface area (Å²) in [5, 5.41) is 0.765. The second kappa shape index (κ2) is 8.06. The number of piperidine rings is 1. The second-order valence-corrected chi connectivity index (χ2v) is 8.25. The molecule has 1 aliphatic heterocycles. The SMILES string of the molecule is O=C(c1ccc(-c2cc(-c3cc(F)cc(F)c3)c3occc3c2)cc1)N1CCC(F)(F)CC1. The van der Waals surface area contributed by atoms with E-state index in [4.69, 9.17) is 4.42 Å². The third-order valence-electron chi connectivity index (χ3n) is 5.97. The van der Waals surface area contributed by atoms with Gasteiger partial charge in [0.2, 0.25) is 0 Å². The number of hydrogen-bond acceptors (Lipinski definition) is 2. The predicted molar refractivity (Wildman–Crippen MR) is 117 cm³/mol. The van der Waals surface area contributed by atoms with Crippen LogP contribution in [0, 0.1) is 11.6 Å². The van der Waals surface area contributed by atoms with Gasteiger partial charge >= 0.3 is 0 Å². The van der Waals surface area contributed by atoms with Crippen LogP contribution in [0.25, 0.3) is 33.2 Å². The fourth-order valence-corrected chi connectivity index (χ4v) is 4.20. The number of carbonyl (C=O) groups excluding carboxylic acids is 1. The highest BCUT2D eigenvalue weighted by Crippen LogP contribution is 2.36. The van der Waals surface area contributed by atoms with Crippen LogP contribution in [-0.4, -0.2) is 29.8 Å². The fraction of sp³-hybridized carbons (Fsp3) is 0.192. The molecule has 1 fully saturated rings. The highest BCUT2D eigenvalue weighted by molar-refractivity contribution is 5.97. The molecule has 0 radical (unpaired) electrons. The molecule has 168 valence electrons. The predicted octanol–water partition coefficient (Wildman–Crippen LogP) is 6.92. The zero-order valence-electron chi connectivity index (χ0n) is 17.5. The van der Waals surface area contributed by atoms with Gasteiger partial charge in [-0.2, -0.15) is 0 Å². The lowest BCUT2D eigenvalue weighted by Crippen LogP contribution is -2.42. The highest BCUT2D eigenvalue weighted by Gasteiger charge is 2.35. The lowest BCUT2D eigenvalue weighted by molar-refractivity contribution is -0.0494. The first-order valence-corrected chi connectivity index (χ1v) is 10.5. The summed E-state index contributed by atoms with van der Waals surface area (Å²) in [6.07, 6.45) is 0.855. The molecular formula is C26H19F4NO2. The van der Waals surface area contributed by atoms with Crippen molar-refractivity contribution in [3.05, 3.63) is 84.1 Å². The van der Waals surface area contributed by atoms with E-state index in [9.17, 15) is 22.4 Å². The maximum atomic E-state index is 13.8. The van der Waals surface area contributed by atoms with Gasteiger partial charge in [-0.05, 0) is 59.2 Å². The lowest BCUT2D eigenvalue weighted by Gasteiger charge is -2.31. The molecule has 1 aromatic heterocycles. The smallest absolute Gasteiger partial charge is 0.253 e. The highest BCUT2D eigenvalue weighted by atomic mass is 19.3. The Morgan fingerprint density at radius 1 is 0.818 bits per heavy atom. The molecular weight excluding hydrogens is 434 g/mol. The van der Waals surface area contributed by atoms with Crippen molar-refractivity contribution in [3.63, 3.8) is 0 Å². The van der Waals surface area contributed by atoms with Crippen LogP contribution in [0.15, 0.2) is 71.3 Å². The number of furan rings is 1. The second-order valence-electron chi connectivity index (χ2n) is 8.25. The van der Waals surface area contributed by atoms with Gasteiger partial charge in [0.15, 0.2) is 0 Å². The van der Waals surface area contributed by atoms with Crippen LogP contribution < -0.4 is 0 Å². The monoisotopic (exact) mass is 453 g/mol. The Bertz CT molecular complexity index is 1310. The van der Waals surface area contributed by atoms with Crippen molar-refractivity contribution in [2.45, 2.75) is 18.8 Å². The van der Waals surface area contributed by atoms with E-state index in [1.165, 1.54) is 23.3 Å². The van der Waals surface area contributed by atoms with Gasteiger partial charge in [0.05, 0.1) is 6.26 Å². The number of amides is 1. The van der Waals surface area contributed by atoms with Crippen LogP contribution in [0.3, 0.4) is 0 Å². The van der Waals surface area contributed by atoms with Gasteiger partial charge in [0.1, 0.15) is 17.2 Å². The molecule has 0 bridgehead atoms. The molecule has 1 saturated heterocycles. The summed E-state index contributed by atoms with van der Waals surface area (Å²) < 4.78 is 60.0. The number of benzene rings is 3. The van der Waals surface area contributed by atoms with Crippen molar-refractivity contribution in [2.75, 3.05) is 13.1 Å². The first-order chi connectivity index (χ1) is 15.8. The Hall–Kier alpha value is -3.61. The largest absolute Gasteiger partial charge is 0.464 e. The molecule has 3 nitrogen and oxygen atoms in total. The molecule has 0 unspecified atom stereocenters. The summed E-state index contributed by atoms with van der Waals surface area (Å²) in [4.78, 5) is 14.1. The number of rotatable bonds is 3. The molecule has 0 aliphatic carbocycles. The van der Waals surface area contributed by atoms with Crippen molar-refractivity contribution in [2.24, 2.45) is 0 Å². The summed E-state index contributed by atoms with van der Waals surface area (Å²) in [7, 11) is 0. The van der Waals surface area contributed by atoms with E-state index >= 15 is 0 Å². The summed E-state index contributed by atoms with van der Waals surface area (Å²) in [5.74, 6) is -4.37. The van der Waals surface area contributed by atoms with Crippen LogP contribution >= 0.6 is 0 Å². The number of alkyl halides is 2. The summed E-state index contributed by atoms with van der Waals surface area (Å²) in [5.41, 5.74) is 3.39. The Morgan fingerprint density at radius 2 is 1.48 bits per heavy atom. The normalized spacial score (nSPS) is 15.7. The zero-order valence-corrected chi connectivity index (χ0v) is 17.5. The van der Waals surface area contributed by atoms with Crippen molar-refractivity contribution in [1.29, 1.82) is 0 Å². The van der Waals surface area contributed by atoms with Gasteiger partial charge in [-0.1, -0.05) is 12.1 Å². The fourth-order valence-electron chi connectivity index (χ4n) is 4.20. The Morgan fingerprint density at radius 3 is 2.15 bits per heavy atom. The number of hydrogen-bond donors (Lipinski definition) is 0. The van der Waals surface area contributed by atoms with Crippen LogP contribution in [0.4, 0.5) is 17.6 Å². The van der Waals surface area contributed by atoms with Crippen molar-refractivity contribution in [1.82, 2.24) is 4.90 Å². The zero-order chi connectivity index (χ0) is 23.2. The van der Waals surface area contributed by atoms with Crippen LogP contribution in [0.2, 0.25) is 0 Å². The first kappa shape index (κ1) is 21.2. The van der Waals surface area contributed by atoms with Crippen LogP contribution in [0.5, 0.6) is 0 Å². The van der Waals surface area contributed by atoms with E-state index in [-0.39, 0.29) is 31.8 Å². The minimum atomic E-state index is -2.71. The molecule has 1 aliphatic rings. The van der Waals surface area contributed by atoms with Gasteiger partial charge in [0.25, 0.3) is 11.8 Å². The molecule has 0 saturated carbocycles. The van der Waals surface area contributed by atoms with Crippen molar-refractivity contribution >= 4 is 16.9 Å². The molecule has 2 heterocycles. The Labute approximate surface area is 187 Å². The van der Waals surface area contributed by atoms with E-state index in [1.54, 1.807) is 36.4 Å². The molecule has 7 heteroatoms. The van der Waals surface area contributed by atoms with Gasteiger partial charge in [0, 0.05) is 48.5 Å². The van der Waals surface area contributed by atoms with Gasteiger partial charge in [-0.3, -0.25) is 4.79 Å². The molecule has 1 amide bonds. The van der Waals surface area contributed by atoms with Crippen molar-refractivity contribution < 1.29 is 26.8 Å². The molecule has 0 atom stereocenters. The third kappa shape index (κ3) is 4.23. The number of halogens is 4. The third-order valence-corrected chi connectivity index (χ3v) is 5.97. The van der Waals surface area contributed by atoms with Gasteiger partial charge < -0.3 is 9.32 Å². The maximum absolute atomic E-state index is 13.8. The number of carbonyl (C=O) groups is 1. The van der Waals surface area contributed by atoms with E-state index in [1.807, 2.05) is 6.07 Å². The number of fused-ring (bicyclic) bond motifs is 1. The molecule has 0 N–H and O–H groups in total. The molecule has 4 aromatic rings. The van der Waals surface area contributed by atoms with Gasteiger partial charge in [-0.25, -0.2) is 17.6 Å². The molecule has 0 spiro atoms. The minimum Gasteiger partial charge on any atom is -0.464 e. The van der Waals surface area contributed by atoms with Crippen molar-refractivity contribution in [3.8, 4) is 22.3 Å². The maximum Gasteiger partial charge on any atom is 0.253 e. The summed E-state index contributed by atoms with van der Waals surface area (Å²) >= 11 is 0. The quantitative estimate of drug-likeness (QED) is 0.316. The number of likely N-dealkylation sites (tertiary alicyclic amines) is 1. The Kier molecular flexibility index (Phi) is 5.19. The van der Waals surface area contributed by atoms with E-state index in [0.29, 0.717) is 22.3 Å². The first-order valence-electron chi connectivity index (χ1n) is 10.5. The van der Waals surface area contributed by atoms with E-state index < -0.39 is 17.6 Å². The van der Waals surface area contributed by atoms with E-state index in [0.717, 1.165) is 22.6 Å². The minimum absolute atomic E-state index is 0.0261. The van der Waals surface area contributed by atoms with Crippen LogP contribution in [-0.2, 0) is 0 Å². The Balaban J connectivity index is 1.47. The van der Waals surface area contributed by atoms with Gasteiger partial charge in [-0.15, -0.1) is 0 Å². The molecule has 5 rings (SSSR count). The lowest BCUT2D eigenvalue weighted by atomic mass is 9.96. The van der Waals surface area contributed by atoms with E-state index in [2.05, 4.69) is 0 Å². The summed E-state index contributed by atoms with van der Waals surface area (Å²) in [6, 6.07) is 15.6. The average molecular weight is 453 g/mol. The molecule has 33 heavy (non-hydrogen) atoms. The average Bonchev–Trinajstić information content (AvgIpc) is 3.26.